The van der Waals surface area contributed by atoms with Gasteiger partial charge in [0.1, 0.15) is 5.82 Å². The normalized spacial score (nSPS) is 13.4. The highest BCUT2D eigenvalue weighted by atomic mass is 35.5. The topological polar surface area (TPSA) is 43.3 Å². The van der Waals surface area contributed by atoms with Crippen LogP contribution in [0.25, 0.3) is 5.52 Å². The van der Waals surface area contributed by atoms with Crippen molar-refractivity contribution in [2.24, 2.45) is 5.73 Å². The molecule has 0 fully saturated rings. The van der Waals surface area contributed by atoms with Crippen molar-refractivity contribution >= 4 is 17.1 Å². The minimum Gasteiger partial charge on any atom is -0.323 e. The summed E-state index contributed by atoms with van der Waals surface area (Å²) in [5, 5.41) is 0.703. The Bertz CT molecular complexity index is 473. The molecular formula is C10H12ClN3. The lowest BCUT2D eigenvalue weighted by molar-refractivity contribution is 0.793. The molecule has 2 aromatic rings. The first-order chi connectivity index (χ1) is 6.59. The Labute approximate surface area is 87.5 Å². The van der Waals surface area contributed by atoms with Crippen molar-refractivity contribution in [2.75, 3.05) is 0 Å². The zero-order valence-corrected chi connectivity index (χ0v) is 8.92. The highest BCUT2D eigenvalue weighted by Gasteiger charge is 2.11. The summed E-state index contributed by atoms with van der Waals surface area (Å²) in [5.74, 6) is 0.912. The summed E-state index contributed by atoms with van der Waals surface area (Å²) in [7, 11) is 0. The Hall–Kier alpha value is -1.06. The van der Waals surface area contributed by atoms with E-state index in [-0.39, 0.29) is 6.04 Å². The van der Waals surface area contributed by atoms with Crippen LogP contribution in [0, 0.1) is 6.92 Å². The first-order valence-corrected chi connectivity index (χ1v) is 4.87. The third-order valence-electron chi connectivity index (χ3n) is 2.24. The summed E-state index contributed by atoms with van der Waals surface area (Å²) >= 11 is 5.90. The molecule has 14 heavy (non-hydrogen) atoms. The molecule has 0 aromatic carbocycles. The van der Waals surface area contributed by atoms with Crippen molar-refractivity contribution in [1.29, 1.82) is 0 Å². The first-order valence-electron chi connectivity index (χ1n) is 4.49. The Morgan fingerprint density at radius 2 is 2.21 bits per heavy atom. The molecule has 0 aliphatic rings. The van der Waals surface area contributed by atoms with E-state index in [0.29, 0.717) is 5.02 Å². The second-order valence-corrected chi connectivity index (χ2v) is 3.87. The molecular weight excluding hydrogens is 198 g/mol. The maximum atomic E-state index is 5.90. The van der Waals surface area contributed by atoms with Gasteiger partial charge in [0.2, 0.25) is 0 Å². The molecule has 0 spiro atoms. The molecule has 0 aliphatic carbocycles. The molecule has 2 rings (SSSR count). The number of hydrogen-bond acceptors (Lipinski definition) is 2. The fourth-order valence-electron chi connectivity index (χ4n) is 1.57. The van der Waals surface area contributed by atoms with Crippen LogP contribution in [0.4, 0.5) is 0 Å². The van der Waals surface area contributed by atoms with Gasteiger partial charge in [-0.25, -0.2) is 4.98 Å². The Morgan fingerprint density at radius 3 is 2.86 bits per heavy atom. The molecule has 0 saturated carbocycles. The van der Waals surface area contributed by atoms with Gasteiger partial charge in [0.15, 0.2) is 0 Å². The predicted octanol–water partition coefficient (Wildman–Crippen LogP) is 2.32. The van der Waals surface area contributed by atoms with E-state index >= 15 is 0 Å². The molecule has 4 heteroatoms. The van der Waals surface area contributed by atoms with Gasteiger partial charge in [0, 0.05) is 12.2 Å². The maximum Gasteiger partial charge on any atom is 0.110 e. The predicted molar refractivity (Wildman–Crippen MR) is 57.5 cm³/mol. The number of rotatable bonds is 1. The van der Waals surface area contributed by atoms with Gasteiger partial charge in [0.05, 0.1) is 16.2 Å². The van der Waals surface area contributed by atoms with Gasteiger partial charge < -0.3 is 10.1 Å². The average molecular weight is 210 g/mol. The van der Waals surface area contributed by atoms with E-state index in [1.807, 2.05) is 36.6 Å². The number of hydrogen-bond donors (Lipinski definition) is 1. The van der Waals surface area contributed by atoms with Crippen molar-refractivity contribution in [2.45, 2.75) is 19.9 Å². The second kappa shape index (κ2) is 3.26. The SMILES string of the molecule is Cc1nc(C(C)N)c2ccc(Cl)cn12. The number of nitrogens with zero attached hydrogens (tertiary/aromatic N) is 2. The number of halogens is 1. The molecule has 1 unspecified atom stereocenters. The molecule has 0 radical (unpaired) electrons. The molecule has 3 nitrogen and oxygen atoms in total. The molecule has 0 bridgehead atoms. The molecule has 2 N–H and O–H groups in total. The van der Waals surface area contributed by atoms with Crippen LogP contribution in [0.3, 0.4) is 0 Å². The smallest absolute Gasteiger partial charge is 0.110 e. The Kier molecular flexibility index (Phi) is 2.21. The quantitative estimate of drug-likeness (QED) is 0.784. The van der Waals surface area contributed by atoms with Crippen molar-refractivity contribution in [1.82, 2.24) is 9.38 Å². The van der Waals surface area contributed by atoms with Crippen molar-refractivity contribution in [3.8, 4) is 0 Å². The van der Waals surface area contributed by atoms with Crippen LogP contribution < -0.4 is 5.73 Å². The van der Waals surface area contributed by atoms with E-state index in [1.54, 1.807) is 0 Å². The number of pyridine rings is 1. The van der Waals surface area contributed by atoms with E-state index in [0.717, 1.165) is 17.0 Å². The molecule has 0 saturated heterocycles. The molecule has 2 heterocycles. The Balaban J connectivity index is 2.77. The largest absolute Gasteiger partial charge is 0.323 e. The second-order valence-electron chi connectivity index (χ2n) is 3.44. The lowest BCUT2D eigenvalue weighted by atomic mass is 10.2. The summed E-state index contributed by atoms with van der Waals surface area (Å²) in [6, 6.07) is 3.74. The number of nitrogens with two attached hydrogens (primary N) is 1. The average Bonchev–Trinajstić information content (AvgIpc) is 2.44. The van der Waals surface area contributed by atoms with Crippen LogP contribution in [-0.2, 0) is 0 Å². The van der Waals surface area contributed by atoms with Crippen LogP contribution >= 0.6 is 11.6 Å². The minimum atomic E-state index is -0.0557. The number of fused-ring (bicyclic) bond motifs is 1. The summed E-state index contributed by atoms with van der Waals surface area (Å²) < 4.78 is 1.96. The third-order valence-corrected chi connectivity index (χ3v) is 2.46. The molecule has 0 amide bonds. The molecule has 1 atom stereocenters. The lowest BCUT2D eigenvalue weighted by Gasteiger charge is -2.01. The highest BCUT2D eigenvalue weighted by Crippen LogP contribution is 2.20. The van der Waals surface area contributed by atoms with Crippen molar-refractivity contribution in [3.63, 3.8) is 0 Å². The number of aryl methyl sites for hydroxylation is 1. The van der Waals surface area contributed by atoms with Crippen LogP contribution in [-0.4, -0.2) is 9.38 Å². The van der Waals surface area contributed by atoms with E-state index < -0.39 is 0 Å². The van der Waals surface area contributed by atoms with Crippen LogP contribution in [0.1, 0.15) is 24.5 Å². The van der Waals surface area contributed by atoms with E-state index in [4.69, 9.17) is 17.3 Å². The maximum absolute atomic E-state index is 5.90. The minimum absolute atomic E-state index is 0.0557. The summed E-state index contributed by atoms with van der Waals surface area (Å²) in [5.41, 5.74) is 7.77. The fourth-order valence-corrected chi connectivity index (χ4v) is 1.73. The molecule has 74 valence electrons. The van der Waals surface area contributed by atoms with Crippen molar-refractivity contribution in [3.05, 3.63) is 34.9 Å². The highest BCUT2D eigenvalue weighted by molar-refractivity contribution is 6.30. The molecule has 2 aromatic heterocycles. The standard InChI is InChI=1S/C10H12ClN3/c1-6(12)10-9-4-3-8(11)5-14(9)7(2)13-10/h3-6H,12H2,1-2H3. The van der Waals surface area contributed by atoms with Gasteiger partial charge in [-0.1, -0.05) is 11.6 Å². The van der Waals surface area contributed by atoms with Gasteiger partial charge in [-0.3, -0.25) is 0 Å². The van der Waals surface area contributed by atoms with Crippen molar-refractivity contribution < 1.29 is 0 Å². The van der Waals surface area contributed by atoms with Crippen LogP contribution in [0.5, 0.6) is 0 Å². The first kappa shape index (κ1) is 9.49. The summed E-state index contributed by atoms with van der Waals surface area (Å²) in [4.78, 5) is 4.41. The molecule has 0 aliphatic heterocycles. The monoisotopic (exact) mass is 209 g/mol. The fraction of sp³-hybridized carbons (Fsp3) is 0.300. The van der Waals surface area contributed by atoms with E-state index in [2.05, 4.69) is 4.98 Å². The van der Waals surface area contributed by atoms with Gasteiger partial charge in [-0.2, -0.15) is 0 Å². The zero-order chi connectivity index (χ0) is 10.3. The summed E-state index contributed by atoms with van der Waals surface area (Å²) in [6.07, 6.45) is 1.85. The van der Waals surface area contributed by atoms with Gasteiger partial charge in [0.25, 0.3) is 0 Å². The zero-order valence-electron chi connectivity index (χ0n) is 8.16. The lowest BCUT2D eigenvalue weighted by Crippen LogP contribution is -2.05. The van der Waals surface area contributed by atoms with Gasteiger partial charge in [-0.15, -0.1) is 0 Å². The van der Waals surface area contributed by atoms with Crippen LogP contribution in [0.15, 0.2) is 18.3 Å². The number of imidazole rings is 1. The Morgan fingerprint density at radius 1 is 1.50 bits per heavy atom. The summed E-state index contributed by atoms with van der Waals surface area (Å²) in [6.45, 7) is 3.87. The van der Waals surface area contributed by atoms with E-state index in [9.17, 15) is 0 Å². The van der Waals surface area contributed by atoms with E-state index in [1.165, 1.54) is 0 Å². The van der Waals surface area contributed by atoms with Gasteiger partial charge in [-0.05, 0) is 26.0 Å². The number of aromatic nitrogens is 2. The van der Waals surface area contributed by atoms with Crippen LogP contribution in [0.2, 0.25) is 5.02 Å². The third kappa shape index (κ3) is 1.38. The van der Waals surface area contributed by atoms with Gasteiger partial charge >= 0.3 is 0 Å².